The van der Waals surface area contributed by atoms with E-state index in [1.165, 1.54) is 6.92 Å². The van der Waals surface area contributed by atoms with Crippen molar-refractivity contribution >= 4 is 22.5 Å². The van der Waals surface area contributed by atoms with Crippen molar-refractivity contribution in [3.8, 4) is 6.07 Å². The van der Waals surface area contributed by atoms with Crippen LogP contribution in [0.2, 0.25) is 0 Å². The van der Waals surface area contributed by atoms with Gasteiger partial charge in [-0.3, -0.25) is 4.79 Å². The molecule has 16 heavy (non-hydrogen) atoms. The second-order valence-electron chi connectivity index (χ2n) is 3.37. The number of hydrogen-bond acceptors (Lipinski definition) is 3. The molecule has 1 heterocycles. The van der Waals surface area contributed by atoms with Gasteiger partial charge in [-0.25, -0.2) is 4.98 Å². The molecule has 1 aromatic carbocycles. The third kappa shape index (κ3) is 1.84. The van der Waals surface area contributed by atoms with Crippen LogP contribution in [-0.2, 0) is 4.79 Å². The summed E-state index contributed by atoms with van der Waals surface area (Å²) in [6.45, 7) is 1.44. The van der Waals surface area contributed by atoms with Gasteiger partial charge in [0.15, 0.2) is 0 Å². The van der Waals surface area contributed by atoms with Crippen LogP contribution in [0.5, 0.6) is 0 Å². The standard InChI is InChI=1S/C12H9N3O/c1-8(16)14-11-4-2-3-9-5-6-10(7-13)15-12(9)11/h2-6H,1H3,(H,14,16). The zero-order chi connectivity index (χ0) is 11.5. The van der Waals surface area contributed by atoms with Crippen molar-refractivity contribution in [2.75, 3.05) is 5.32 Å². The van der Waals surface area contributed by atoms with Gasteiger partial charge < -0.3 is 5.32 Å². The predicted molar refractivity (Wildman–Crippen MR) is 60.8 cm³/mol. The number of benzene rings is 1. The fraction of sp³-hybridized carbons (Fsp3) is 0.0833. The quantitative estimate of drug-likeness (QED) is 0.785. The van der Waals surface area contributed by atoms with Crippen LogP contribution in [0.4, 0.5) is 5.69 Å². The van der Waals surface area contributed by atoms with E-state index in [1.54, 1.807) is 12.1 Å². The molecule has 0 unspecified atom stereocenters. The molecule has 0 aliphatic carbocycles. The summed E-state index contributed by atoms with van der Waals surface area (Å²) in [6.07, 6.45) is 0. The highest BCUT2D eigenvalue weighted by molar-refractivity contribution is 5.99. The number of carbonyl (C=O) groups excluding carboxylic acids is 1. The van der Waals surface area contributed by atoms with Gasteiger partial charge in [-0.2, -0.15) is 5.26 Å². The van der Waals surface area contributed by atoms with Crippen LogP contribution in [0, 0.1) is 11.3 Å². The van der Waals surface area contributed by atoms with Gasteiger partial charge in [0.2, 0.25) is 5.91 Å². The van der Waals surface area contributed by atoms with E-state index in [1.807, 2.05) is 24.3 Å². The highest BCUT2D eigenvalue weighted by Gasteiger charge is 2.04. The lowest BCUT2D eigenvalue weighted by Crippen LogP contribution is -2.06. The minimum absolute atomic E-state index is 0.156. The van der Waals surface area contributed by atoms with Crippen molar-refractivity contribution in [1.82, 2.24) is 4.98 Å². The number of hydrogen-bond donors (Lipinski definition) is 1. The molecule has 4 nitrogen and oxygen atoms in total. The van der Waals surface area contributed by atoms with Crippen LogP contribution >= 0.6 is 0 Å². The van der Waals surface area contributed by atoms with Crippen LogP contribution < -0.4 is 5.32 Å². The number of carbonyl (C=O) groups is 1. The number of nitrogens with one attached hydrogen (secondary N) is 1. The lowest BCUT2D eigenvalue weighted by molar-refractivity contribution is -0.114. The Kier molecular flexibility index (Phi) is 2.52. The van der Waals surface area contributed by atoms with Crippen LogP contribution in [-0.4, -0.2) is 10.9 Å². The molecule has 0 atom stereocenters. The Balaban J connectivity index is 2.65. The van der Waals surface area contributed by atoms with E-state index >= 15 is 0 Å². The Labute approximate surface area is 92.5 Å². The first-order valence-corrected chi connectivity index (χ1v) is 4.78. The Bertz CT molecular complexity index is 599. The largest absolute Gasteiger partial charge is 0.324 e. The van der Waals surface area contributed by atoms with Gasteiger partial charge in [-0.1, -0.05) is 12.1 Å². The summed E-state index contributed by atoms with van der Waals surface area (Å²) in [7, 11) is 0. The molecule has 0 spiro atoms. The third-order valence-corrected chi connectivity index (χ3v) is 2.15. The molecule has 0 saturated carbocycles. The van der Waals surface area contributed by atoms with Crippen LogP contribution in [0.25, 0.3) is 10.9 Å². The fourth-order valence-corrected chi connectivity index (χ4v) is 1.50. The fourth-order valence-electron chi connectivity index (χ4n) is 1.50. The summed E-state index contributed by atoms with van der Waals surface area (Å²) in [4.78, 5) is 15.2. The monoisotopic (exact) mass is 211 g/mol. The minimum atomic E-state index is -0.156. The summed E-state index contributed by atoms with van der Waals surface area (Å²) in [6, 6.07) is 10.9. The van der Waals surface area contributed by atoms with Gasteiger partial charge in [0, 0.05) is 12.3 Å². The SMILES string of the molecule is CC(=O)Nc1cccc2ccc(C#N)nc12. The number of rotatable bonds is 1. The van der Waals surface area contributed by atoms with Crippen molar-refractivity contribution < 1.29 is 4.79 Å². The molecular formula is C12H9N3O. The van der Waals surface area contributed by atoms with Crippen molar-refractivity contribution in [2.24, 2.45) is 0 Å². The van der Waals surface area contributed by atoms with Crippen LogP contribution in [0.1, 0.15) is 12.6 Å². The average molecular weight is 211 g/mol. The van der Waals surface area contributed by atoms with Crippen LogP contribution in [0.3, 0.4) is 0 Å². The maximum atomic E-state index is 11.0. The topological polar surface area (TPSA) is 65.8 Å². The number of nitriles is 1. The van der Waals surface area contributed by atoms with Crippen molar-refractivity contribution in [3.63, 3.8) is 0 Å². The van der Waals surface area contributed by atoms with Gasteiger partial charge in [0.1, 0.15) is 11.8 Å². The lowest BCUT2D eigenvalue weighted by atomic mass is 10.1. The Hall–Kier alpha value is -2.41. The van der Waals surface area contributed by atoms with E-state index < -0.39 is 0 Å². The summed E-state index contributed by atoms with van der Waals surface area (Å²) in [5.74, 6) is -0.156. The van der Waals surface area contributed by atoms with Crippen LogP contribution in [0.15, 0.2) is 30.3 Å². The number of fused-ring (bicyclic) bond motifs is 1. The second kappa shape index (κ2) is 3.99. The van der Waals surface area contributed by atoms with Gasteiger partial charge in [-0.15, -0.1) is 0 Å². The zero-order valence-electron chi connectivity index (χ0n) is 8.69. The Morgan fingerprint density at radius 1 is 1.38 bits per heavy atom. The number of nitrogens with zero attached hydrogens (tertiary/aromatic N) is 2. The summed E-state index contributed by atoms with van der Waals surface area (Å²) in [5.41, 5.74) is 1.60. The predicted octanol–water partition coefficient (Wildman–Crippen LogP) is 2.06. The molecular weight excluding hydrogens is 202 g/mol. The summed E-state index contributed by atoms with van der Waals surface area (Å²) in [5, 5.41) is 12.4. The van der Waals surface area contributed by atoms with Gasteiger partial charge >= 0.3 is 0 Å². The highest BCUT2D eigenvalue weighted by atomic mass is 16.1. The molecule has 1 N–H and O–H groups in total. The van der Waals surface area contributed by atoms with E-state index in [0.29, 0.717) is 16.9 Å². The number of amides is 1. The number of pyridine rings is 1. The Morgan fingerprint density at radius 2 is 2.19 bits per heavy atom. The Morgan fingerprint density at radius 3 is 2.88 bits per heavy atom. The first kappa shape index (κ1) is 10.1. The average Bonchev–Trinajstić information content (AvgIpc) is 2.28. The summed E-state index contributed by atoms with van der Waals surface area (Å²) >= 11 is 0. The molecule has 0 fully saturated rings. The van der Waals surface area contributed by atoms with Gasteiger partial charge in [-0.05, 0) is 18.2 Å². The smallest absolute Gasteiger partial charge is 0.221 e. The van der Waals surface area contributed by atoms with Crippen molar-refractivity contribution in [3.05, 3.63) is 36.0 Å². The second-order valence-corrected chi connectivity index (χ2v) is 3.37. The third-order valence-electron chi connectivity index (χ3n) is 2.15. The molecule has 1 aromatic heterocycles. The molecule has 78 valence electrons. The maximum Gasteiger partial charge on any atom is 0.221 e. The molecule has 2 aromatic rings. The molecule has 1 amide bonds. The minimum Gasteiger partial charge on any atom is -0.324 e. The summed E-state index contributed by atoms with van der Waals surface area (Å²) < 4.78 is 0. The highest BCUT2D eigenvalue weighted by Crippen LogP contribution is 2.21. The van der Waals surface area contributed by atoms with Crippen molar-refractivity contribution in [1.29, 1.82) is 5.26 Å². The molecule has 0 saturated heterocycles. The zero-order valence-corrected chi connectivity index (χ0v) is 8.69. The molecule has 0 aliphatic rings. The molecule has 4 heteroatoms. The van der Waals surface area contributed by atoms with Crippen molar-refractivity contribution in [2.45, 2.75) is 6.92 Å². The first-order valence-electron chi connectivity index (χ1n) is 4.78. The van der Waals surface area contributed by atoms with E-state index in [9.17, 15) is 4.79 Å². The molecule has 0 bridgehead atoms. The maximum absolute atomic E-state index is 11.0. The molecule has 0 aliphatic heterocycles. The van der Waals surface area contributed by atoms with E-state index in [0.717, 1.165) is 5.39 Å². The normalized spacial score (nSPS) is 9.75. The van der Waals surface area contributed by atoms with E-state index in [4.69, 9.17) is 5.26 Å². The van der Waals surface area contributed by atoms with E-state index in [-0.39, 0.29) is 5.91 Å². The first-order chi connectivity index (χ1) is 7.70. The molecule has 2 rings (SSSR count). The number of aromatic nitrogens is 1. The van der Waals surface area contributed by atoms with E-state index in [2.05, 4.69) is 10.3 Å². The van der Waals surface area contributed by atoms with Gasteiger partial charge in [0.05, 0.1) is 11.2 Å². The molecule has 0 radical (unpaired) electrons. The lowest BCUT2D eigenvalue weighted by Gasteiger charge is -2.05. The number of para-hydroxylation sites is 1. The van der Waals surface area contributed by atoms with Gasteiger partial charge in [0.25, 0.3) is 0 Å². The number of anilines is 1.